The van der Waals surface area contributed by atoms with Gasteiger partial charge in [0.15, 0.2) is 0 Å². The van der Waals surface area contributed by atoms with Crippen molar-refractivity contribution in [3.05, 3.63) is 18.2 Å². The summed E-state index contributed by atoms with van der Waals surface area (Å²) in [6, 6.07) is 0. The highest BCUT2D eigenvalue weighted by molar-refractivity contribution is 4.83. The lowest BCUT2D eigenvalue weighted by atomic mass is 10.2. The molecule has 0 aliphatic heterocycles. The molecule has 0 radical (unpaired) electrons. The summed E-state index contributed by atoms with van der Waals surface area (Å²) < 4.78 is 2.35. The SMILES string of the molecule is CCCCCC[n+]1cc[nH]c1C(C)C. The molecule has 0 amide bonds. The Morgan fingerprint density at radius 1 is 1.29 bits per heavy atom. The van der Waals surface area contributed by atoms with Gasteiger partial charge in [0.05, 0.1) is 12.5 Å². The highest BCUT2D eigenvalue weighted by atomic mass is 15.1. The van der Waals surface area contributed by atoms with Crippen LogP contribution in [0.3, 0.4) is 0 Å². The topological polar surface area (TPSA) is 19.7 Å². The highest BCUT2D eigenvalue weighted by Crippen LogP contribution is 2.06. The molecule has 2 heteroatoms. The van der Waals surface area contributed by atoms with Crippen LogP contribution in [0.4, 0.5) is 0 Å². The van der Waals surface area contributed by atoms with Gasteiger partial charge in [0, 0.05) is 0 Å². The van der Waals surface area contributed by atoms with Crippen LogP contribution in [0.25, 0.3) is 0 Å². The Kier molecular flexibility index (Phi) is 4.71. The highest BCUT2D eigenvalue weighted by Gasteiger charge is 2.13. The van der Waals surface area contributed by atoms with E-state index in [9.17, 15) is 0 Å². The summed E-state index contributed by atoms with van der Waals surface area (Å²) in [7, 11) is 0. The molecule has 0 aromatic carbocycles. The van der Waals surface area contributed by atoms with Crippen LogP contribution in [0.15, 0.2) is 12.4 Å². The minimum absolute atomic E-state index is 0.594. The number of aryl methyl sites for hydroxylation is 1. The molecule has 0 bridgehead atoms. The largest absolute Gasteiger partial charge is 0.256 e. The monoisotopic (exact) mass is 195 g/mol. The number of hydrogen-bond acceptors (Lipinski definition) is 0. The molecule has 14 heavy (non-hydrogen) atoms. The molecule has 0 saturated carbocycles. The third kappa shape index (κ3) is 3.17. The molecule has 2 nitrogen and oxygen atoms in total. The van der Waals surface area contributed by atoms with Crippen LogP contribution >= 0.6 is 0 Å². The van der Waals surface area contributed by atoms with Crippen molar-refractivity contribution in [3.8, 4) is 0 Å². The minimum atomic E-state index is 0.594. The van der Waals surface area contributed by atoms with Crippen molar-refractivity contribution >= 4 is 0 Å². The summed E-state index contributed by atoms with van der Waals surface area (Å²) in [6.07, 6.45) is 9.52. The van der Waals surface area contributed by atoms with E-state index in [-0.39, 0.29) is 0 Å². The zero-order valence-electron chi connectivity index (χ0n) is 9.71. The number of nitrogens with zero attached hydrogens (tertiary/aromatic N) is 1. The third-order valence-electron chi connectivity index (χ3n) is 2.59. The van der Waals surface area contributed by atoms with E-state index in [2.05, 4.69) is 36.5 Å². The van der Waals surface area contributed by atoms with Crippen molar-refractivity contribution in [2.45, 2.75) is 58.9 Å². The molecule has 80 valence electrons. The summed E-state index contributed by atoms with van der Waals surface area (Å²) in [6.45, 7) is 7.88. The molecule has 1 rings (SSSR count). The molecule has 1 heterocycles. The molecule has 1 N–H and O–H groups in total. The van der Waals surface area contributed by atoms with E-state index in [1.165, 1.54) is 31.5 Å². The van der Waals surface area contributed by atoms with Gasteiger partial charge in [0.25, 0.3) is 5.82 Å². The van der Waals surface area contributed by atoms with Gasteiger partial charge in [-0.1, -0.05) is 33.6 Å². The van der Waals surface area contributed by atoms with Gasteiger partial charge in [-0.2, -0.15) is 0 Å². The van der Waals surface area contributed by atoms with E-state index in [1.54, 1.807) is 0 Å². The van der Waals surface area contributed by atoms with Gasteiger partial charge in [-0.05, 0) is 12.8 Å². The zero-order chi connectivity index (χ0) is 10.4. The molecule has 1 aromatic heterocycles. The molecule has 0 atom stereocenters. The van der Waals surface area contributed by atoms with E-state index in [0.717, 1.165) is 6.54 Å². The summed E-state index contributed by atoms with van der Waals surface area (Å²) in [4.78, 5) is 3.31. The number of nitrogens with one attached hydrogen (secondary N) is 1. The normalized spacial score (nSPS) is 11.1. The standard InChI is InChI=1S/C12H22N2/c1-4-5-6-7-9-14-10-8-13-12(14)11(2)3/h8,10-11H,4-7,9H2,1-3H3/p+1. The Balaban J connectivity index is 2.38. The fourth-order valence-electron chi connectivity index (χ4n) is 1.78. The quantitative estimate of drug-likeness (QED) is 0.532. The predicted molar refractivity (Wildman–Crippen MR) is 59.2 cm³/mol. The Bertz CT molecular complexity index is 251. The van der Waals surface area contributed by atoms with E-state index in [4.69, 9.17) is 0 Å². The Hall–Kier alpha value is -0.790. The average molecular weight is 195 g/mol. The van der Waals surface area contributed by atoms with Crippen LogP contribution < -0.4 is 4.57 Å². The molecule has 0 aliphatic carbocycles. The smallest absolute Gasteiger partial charge is 0.247 e. The predicted octanol–water partition coefficient (Wildman–Crippen LogP) is 3.01. The van der Waals surface area contributed by atoms with Crippen molar-refractivity contribution < 1.29 is 4.57 Å². The van der Waals surface area contributed by atoms with Crippen LogP contribution in [0.2, 0.25) is 0 Å². The molecule has 0 aliphatic rings. The van der Waals surface area contributed by atoms with Gasteiger partial charge in [-0.3, -0.25) is 0 Å². The third-order valence-corrected chi connectivity index (χ3v) is 2.59. The van der Waals surface area contributed by atoms with Crippen LogP contribution in [0.5, 0.6) is 0 Å². The van der Waals surface area contributed by atoms with E-state index >= 15 is 0 Å². The lowest BCUT2D eigenvalue weighted by molar-refractivity contribution is -0.704. The van der Waals surface area contributed by atoms with Gasteiger partial charge in [-0.25, -0.2) is 9.55 Å². The molecule has 0 unspecified atom stereocenters. The maximum Gasteiger partial charge on any atom is 0.256 e. The average Bonchev–Trinajstić information content (AvgIpc) is 2.60. The first-order valence-electron chi connectivity index (χ1n) is 5.82. The van der Waals surface area contributed by atoms with Crippen molar-refractivity contribution in [2.75, 3.05) is 0 Å². The number of rotatable bonds is 6. The molecule has 0 fully saturated rings. The number of H-pyrrole nitrogens is 1. The second-order valence-corrected chi connectivity index (χ2v) is 4.25. The lowest BCUT2D eigenvalue weighted by Crippen LogP contribution is -2.36. The van der Waals surface area contributed by atoms with Crippen molar-refractivity contribution in [1.82, 2.24) is 4.98 Å². The maximum atomic E-state index is 3.31. The first kappa shape index (κ1) is 11.3. The minimum Gasteiger partial charge on any atom is -0.247 e. The number of unbranched alkanes of at least 4 members (excludes halogenated alkanes) is 3. The van der Waals surface area contributed by atoms with Crippen LogP contribution in [-0.4, -0.2) is 4.98 Å². The second-order valence-electron chi connectivity index (χ2n) is 4.25. The number of aromatic amines is 1. The molecule has 0 spiro atoms. The maximum absolute atomic E-state index is 3.31. The molecule has 0 saturated heterocycles. The first-order valence-corrected chi connectivity index (χ1v) is 5.82. The van der Waals surface area contributed by atoms with Crippen molar-refractivity contribution in [3.63, 3.8) is 0 Å². The Morgan fingerprint density at radius 3 is 2.71 bits per heavy atom. The lowest BCUT2D eigenvalue weighted by Gasteiger charge is -2.02. The van der Waals surface area contributed by atoms with Gasteiger partial charge in [0.1, 0.15) is 12.4 Å². The van der Waals surface area contributed by atoms with E-state index in [0.29, 0.717) is 5.92 Å². The number of imidazole rings is 1. The Morgan fingerprint density at radius 2 is 2.07 bits per heavy atom. The summed E-state index contributed by atoms with van der Waals surface area (Å²) in [5, 5.41) is 0. The fraction of sp³-hybridized carbons (Fsp3) is 0.750. The van der Waals surface area contributed by atoms with Crippen molar-refractivity contribution in [2.24, 2.45) is 0 Å². The van der Waals surface area contributed by atoms with Crippen molar-refractivity contribution in [1.29, 1.82) is 0 Å². The number of aromatic nitrogens is 2. The summed E-state index contributed by atoms with van der Waals surface area (Å²) >= 11 is 0. The van der Waals surface area contributed by atoms with Crippen LogP contribution in [0, 0.1) is 0 Å². The van der Waals surface area contributed by atoms with Crippen LogP contribution in [0.1, 0.15) is 58.2 Å². The Labute approximate surface area is 87.4 Å². The number of hydrogen-bond donors (Lipinski definition) is 1. The van der Waals surface area contributed by atoms with Gasteiger partial charge in [0.2, 0.25) is 0 Å². The first-order chi connectivity index (χ1) is 6.75. The zero-order valence-corrected chi connectivity index (χ0v) is 9.71. The molecular weight excluding hydrogens is 172 g/mol. The van der Waals surface area contributed by atoms with E-state index in [1.807, 2.05) is 6.20 Å². The van der Waals surface area contributed by atoms with Gasteiger partial charge >= 0.3 is 0 Å². The molecular formula is C12H23N2+. The van der Waals surface area contributed by atoms with Crippen LogP contribution in [-0.2, 0) is 6.54 Å². The van der Waals surface area contributed by atoms with Gasteiger partial charge < -0.3 is 0 Å². The van der Waals surface area contributed by atoms with Gasteiger partial charge in [-0.15, -0.1) is 0 Å². The second kappa shape index (κ2) is 5.84. The van der Waals surface area contributed by atoms with E-state index < -0.39 is 0 Å². The molecule has 1 aromatic rings. The summed E-state index contributed by atoms with van der Waals surface area (Å²) in [5.41, 5.74) is 0. The fourth-order valence-corrected chi connectivity index (χ4v) is 1.78. The summed E-state index contributed by atoms with van der Waals surface area (Å²) in [5.74, 6) is 1.94.